The third kappa shape index (κ3) is 3.80. The van der Waals surface area contributed by atoms with E-state index >= 15 is 0 Å². The summed E-state index contributed by atoms with van der Waals surface area (Å²) in [4.78, 5) is 12.6. The van der Waals surface area contributed by atoms with E-state index in [9.17, 15) is 0 Å². The number of fused-ring (bicyclic) bond motifs is 3. The van der Waals surface area contributed by atoms with Gasteiger partial charge in [0.05, 0.1) is 22.5 Å². The number of aromatic nitrogens is 4. The van der Waals surface area contributed by atoms with E-state index in [0.29, 0.717) is 0 Å². The molecule has 0 fully saturated rings. The molecule has 0 radical (unpaired) electrons. The first-order valence-electron chi connectivity index (χ1n) is 12.7. The fourth-order valence-corrected chi connectivity index (χ4v) is 5.61. The maximum absolute atomic E-state index is 5.16. The predicted molar refractivity (Wildman–Crippen MR) is 157 cm³/mol. The molecule has 1 aliphatic heterocycles. The van der Waals surface area contributed by atoms with Gasteiger partial charge in [-0.15, -0.1) is 0 Å². The van der Waals surface area contributed by atoms with Gasteiger partial charge in [0.2, 0.25) is 0 Å². The number of pyridine rings is 2. The number of halogens is 1. The van der Waals surface area contributed by atoms with Gasteiger partial charge in [0.1, 0.15) is 11.5 Å². The van der Waals surface area contributed by atoms with E-state index in [1.807, 2.05) is 28.9 Å². The standard InChI is InChI=1S/C32H24BrN5/c1-21-26-19-20-37(28-14-8-13-27(35-28)22-9-4-2-5-10-22)31(26)29-30(23-15-17-24(33)18-16-23)36-38(32(29)34-21)25-11-6-3-7-12-25/h2-18H,19-20H2,1H3. The van der Waals surface area contributed by atoms with Crippen LogP contribution in [0.15, 0.2) is 108 Å². The lowest BCUT2D eigenvalue weighted by Gasteiger charge is -2.21. The lowest BCUT2D eigenvalue weighted by molar-refractivity contribution is 0.896. The molecular formula is C32H24BrN5. The molecule has 6 aromatic rings. The van der Waals surface area contributed by atoms with Crippen molar-refractivity contribution in [2.45, 2.75) is 13.3 Å². The number of hydrogen-bond acceptors (Lipinski definition) is 4. The Hall–Kier alpha value is -4.29. The zero-order chi connectivity index (χ0) is 25.6. The van der Waals surface area contributed by atoms with E-state index in [1.165, 1.54) is 5.56 Å². The number of nitrogens with zero attached hydrogens (tertiary/aromatic N) is 5. The molecule has 1 aliphatic rings. The Bertz CT molecular complexity index is 1780. The van der Waals surface area contributed by atoms with Gasteiger partial charge in [0.25, 0.3) is 0 Å². The van der Waals surface area contributed by atoms with Crippen LogP contribution in [0.3, 0.4) is 0 Å². The van der Waals surface area contributed by atoms with Gasteiger partial charge in [0, 0.05) is 27.8 Å². The van der Waals surface area contributed by atoms with Crippen LogP contribution >= 0.6 is 15.9 Å². The summed E-state index contributed by atoms with van der Waals surface area (Å²) in [6.45, 7) is 2.95. The van der Waals surface area contributed by atoms with E-state index < -0.39 is 0 Å². The van der Waals surface area contributed by atoms with Crippen molar-refractivity contribution in [3.8, 4) is 28.2 Å². The summed E-state index contributed by atoms with van der Waals surface area (Å²) in [5.41, 5.74) is 9.35. The molecule has 0 spiro atoms. The number of anilines is 2. The maximum atomic E-state index is 5.16. The lowest BCUT2D eigenvalue weighted by atomic mass is 10.0. The molecule has 184 valence electrons. The van der Waals surface area contributed by atoms with Crippen molar-refractivity contribution >= 4 is 38.5 Å². The van der Waals surface area contributed by atoms with Crippen LogP contribution in [0.25, 0.3) is 39.2 Å². The average Bonchev–Trinajstić information content (AvgIpc) is 3.57. The molecule has 0 aliphatic carbocycles. The summed E-state index contributed by atoms with van der Waals surface area (Å²) < 4.78 is 3.01. The Balaban J connectivity index is 1.49. The van der Waals surface area contributed by atoms with Crippen LogP contribution in [-0.2, 0) is 6.42 Å². The van der Waals surface area contributed by atoms with Gasteiger partial charge in [0.15, 0.2) is 5.65 Å². The summed E-state index contributed by atoms with van der Waals surface area (Å²) >= 11 is 3.58. The minimum absolute atomic E-state index is 0.846. The first-order valence-corrected chi connectivity index (χ1v) is 13.5. The number of aryl methyl sites for hydroxylation is 1. The minimum Gasteiger partial charge on any atom is -0.325 e. The monoisotopic (exact) mass is 557 g/mol. The largest absolute Gasteiger partial charge is 0.325 e. The number of para-hydroxylation sites is 1. The highest BCUT2D eigenvalue weighted by Gasteiger charge is 2.31. The minimum atomic E-state index is 0.846. The van der Waals surface area contributed by atoms with Crippen LogP contribution in [0.2, 0.25) is 0 Å². The Kier molecular flexibility index (Phi) is 5.55. The van der Waals surface area contributed by atoms with Gasteiger partial charge in [-0.1, -0.05) is 82.7 Å². The van der Waals surface area contributed by atoms with Crippen LogP contribution in [0.5, 0.6) is 0 Å². The van der Waals surface area contributed by atoms with Gasteiger partial charge in [-0.05, 0) is 55.3 Å². The summed E-state index contributed by atoms with van der Waals surface area (Å²) in [6, 6.07) is 35.2. The third-order valence-corrected chi connectivity index (χ3v) is 7.68. The highest BCUT2D eigenvalue weighted by atomic mass is 79.9. The second-order valence-electron chi connectivity index (χ2n) is 9.47. The number of hydrogen-bond donors (Lipinski definition) is 0. The van der Waals surface area contributed by atoms with Gasteiger partial charge in [-0.3, -0.25) is 0 Å². The molecule has 4 heterocycles. The molecule has 0 N–H and O–H groups in total. The van der Waals surface area contributed by atoms with Crippen molar-refractivity contribution < 1.29 is 0 Å². The quantitative estimate of drug-likeness (QED) is 0.221. The molecule has 0 atom stereocenters. The van der Waals surface area contributed by atoms with Crippen molar-refractivity contribution in [3.05, 3.63) is 119 Å². The summed E-state index contributed by atoms with van der Waals surface area (Å²) in [5.74, 6) is 0.936. The van der Waals surface area contributed by atoms with Crippen LogP contribution in [-0.4, -0.2) is 26.3 Å². The van der Waals surface area contributed by atoms with Crippen LogP contribution in [0, 0.1) is 6.92 Å². The highest BCUT2D eigenvalue weighted by molar-refractivity contribution is 9.10. The first-order chi connectivity index (χ1) is 18.7. The highest BCUT2D eigenvalue weighted by Crippen LogP contribution is 2.45. The second kappa shape index (κ2) is 9.23. The second-order valence-corrected chi connectivity index (χ2v) is 10.4. The Morgan fingerprint density at radius 2 is 1.47 bits per heavy atom. The molecule has 3 aromatic heterocycles. The van der Waals surface area contributed by atoms with Crippen LogP contribution < -0.4 is 4.90 Å². The predicted octanol–water partition coefficient (Wildman–Crippen LogP) is 7.91. The van der Waals surface area contributed by atoms with Crippen molar-refractivity contribution in [3.63, 3.8) is 0 Å². The van der Waals surface area contributed by atoms with Gasteiger partial charge < -0.3 is 4.90 Å². The molecule has 0 bridgehead atoms. The van der Waals surface area contributed by atoms with Crippen LogP contribution in [0.4, 0.5) is 11.5 Å². The van der Waals surface area contributed by atoms with E-state index in [1.54, 1.807) is 0 Å². The topological polar surface area (TPSA) is 46.8 Å². The normalized spacial score (nSPS) is 12.7. The van der Waals surface area contributed by atoms with E-state index in [-0.39, 0.29) is 0 Å². The summed E-state index contributed by atoms with van der Waals surface area (Å²) in [5, 5.41) is 6.22. The first kappa shape index (κ1) is 22.9. The van der Waals surface area contributed by atoms with E-state index in [2.05, 4.69) is 107 Å². The zero-order valence-corrected chi connectivity index (χ0v) is 22.4. The summed E-state index contributed by atoms with van der Waals surface area (Å²) in [6.07, 6.45) is 0.914. The SMILES string of the molecule is Cc1nc2c(c(-c3ccc(Br)cc3)nn2-c2ccccc2)c2c1CCN2c1cccc(-c2ccccc2)n1. The molecule has 3 aromatic carbocycles. The molecule has 5 nitrogen and oxygen atoms in total. The molecule has 0 saturated carbocycles. The van der Waals surface area contributed by atoms with Gasteiger partial charge >= 0.3 is 0 Å². The molecule has 38 heavy (non-hydrogen) atoms. The van der Waals surface area contributed by atoms with E-state index in [4.69, 9.17) is 15.1 Å². The fraction of sp³-hybridized carbons (Fsp3) is 0.0938. The number of benzene rings is 3. The zero-order valence-electron chi connectivity index (χ0n) is 20.8. The lowest BCUT2D eigenvalue weighted by Crippen LogP contribution is -2.15. The van der Waals surface area contributed by atoms with Crippen molar-refractivity contribution in [1.29, 1.82) is 0 Å². The molecule has 0 saturated heterocycles. The van der Waals surface area contributed by atoms with Gasteiger partial charge in [-0.2, -0.15) is 5.10 Å². The van der Waals surface area contributed by atoms with Crippen LogP contribution in [0.1, 0.15) is 11.3 Å². The molecule has 0 unspecified atom stereocenters. The fourth-order valence-electron chi connectivity index (χ4n) is 5.34. The average molecular weight is 558 g/mol. The van der Waals surface area contributed by atoms with Crippen molar-refractivity contribution in [1.82, 2.24) is 19.7 Å². The Morgan fingerprint density at radius 1 is 0.737 bits per heavy atom. The Labute approximate surface area is 229 Å². The van der Waals surface area contributed by atoms with Crippen molar-refractivity contribution in [2.75, 3.05) is 11.4 Å². The number of rotatable bonds is 4. The molecule has 7 rings (SSSR count). The van der Waals surface area contributed by atoms with Crippen molar-refractivity contribution in [2.24, 2.45) is 0 Å². The third-order valence-electron chi connectivity index (χ3n) is 7.15. The smallest absolute Gasteiger partial charge is 0.165 e. The van der Waals surface area contributed by atoms with Gasteiger partial charge in [-0.25, -0.2) is 14.6 Å². The maximum Gasteiger partial charge on any atom is 0.165 e. The molecule has 6 heteroatoms. The molecule has 0 amide bonds. The molecular weight excluding hydrogens is 534 g/mol. The summed E-state index contributed by atoms with van der Waals surface area (Å²) in [7, 11) is 0. The Morgan fingerprint density at radius 3 is 2.24 bits per heavy atom. The van der Waals surface area contributed by atoms with E-state index in [0.717, 1.165) is 73.9 Å².